The lowest BCUT2D eigenvalue weighted by atomic mass is 10.0. The predicted molar refractivity (Wildman–Crippen MR) is 131 cm³/mol. The molecule has 0 unspecified atom stereocenters. The number of nitrogens with one attached hydrogen (secondary N) is 1. The van der Waals surface area contributed by atoms with Gasteiger partial charge in [-0.25, -0.2) is 10.1 Å². The molecule has 0 radical (unpaired) electrons. The number of anilines is 1. The minimum atomic E-state index is -0.537. The molecule has 0 atom stereocenters. The van der Waals surface area contributed by atoms with Gasteiger partial charge in [0, 0.05) is 5.56 Å². The average Bonchev–Trinajstić information content (AvgIpc) is 3.54. The number of benzene rings is 3. The third-order valence-corrected chi connectivity index (χ3v) is 5.36. The van der Waals surface area contributed by atoms with Gasteiger partial charge in [0.2, 0.25) is 11.6 Å². The van der Waals surface area contributed by atoms with Gasteiger partial charge in [-0.15, -0.1) is 5.10 Å². The summed E-state index contributed by atoms with van der Waals surface area (Å²) in [7, 11) is 0. The van der Waals surface area contributed by atoms with Crippen molar-refractivity contribution < 1.29 is 9.42 Å². The number of rotatable bonds is 6. The molecular weight excluding hydrogens is 444 g/mol. The molecular formula is C25H20N8O2. The van der Waals surface area contributed by atoms with Crippen molar-refractivity contribution >= 4 is 17.4 Å². The maximum absolute atomic E-state index is 13.1. The van der Waals surface area contributed by atoms with Crippen LogP contribution in [0.5, 0.6) is 0 Å². The van der Waals surface area contributed by atoms with Crippen molar-refractivity contribution in [1.29, 1.82) is 0 Å². The number of hydrogen-bond acceptors (Lipinski definition) is 8. The molecule has 0 aliphatic carbocycles. The highest BCUT2D eigenvalue weighted by molar-refractivity contribution is 6.02. The van der Waals surface area contributed by atoms with Crippen LogP contribution in [0.25, 0.3) is 28.2 Å². The highest BCUT2D eigenvalue weighted by Gasteiger charge is 2.25. The van der Waals surface area contributed by atoms with E-state index in [9.17, 15) is 4.79 Å². The first kappa shape index (κ1) is 21.7. The molecule has 2 aromatic heterocycles. The van der Waals surface area contributed by atoms with Crippen molar-refractivity contribution in [3.63, 3.8) is 0 Å². The predicted octanol–water partition coefficient (Wildman–Crippen LogP) is 3.72. The van der Waals surface area contributed by atoms with Gasteiger partial charge in [-0.2, -0.15) is 9.78 Å². The summed E-state index contributed by atoms with van der Waals surface area (Å²) in [4.78, 5) is 13.1. The van der Waals surface area contributed by atoms with E-state index in [0.717, 1.165) is 16.7 Å². The second-order valence-corrected chi connectivity index (χ2v) is 7.62. The zero-order chi connectivity index (χ0) is 24.2. The van der Waals surface area contributed by atoms with Crippen LogP contribution in [-0.2, 0) is 0 Å². The number of nitrogen functional groups attached to an aromatic ring is 1. The Hall–Kier alpha value is -5.12. The lowest BCUT2D eigenvalue weighted by Crippen LogP contribution is -2.21. The van der Waals surface area contributed by atoms with Gasteiger partial charge >= 0.3 is 0 Å². The number of amides is 1. The Bertz CT molecular complexity index is 1490. The molecule has 0 aliphatic rings. The molecule has 3 aromatic carbocycles. The standard InChI is InChI=1S/C25H20N8O2/c1-16(17-12-14-19(15-13-17)18-8-4-2-5-9-18)27-29-25(34)21-22(20-10-6-3-7-11-20)33(32-28-21)24-23(26)30-35-31-24/h2-15H,1H3,(H2,26,30)(H,29,34). The molecule has 172 valence electrons. The van der Waals surface area contributed by atoms with Crippen molar-refractivity contribution in [3.8, 4) is 28.2 Å². The smallest absolute Gasteiger partial charge is 0.294 e. The van der Waals surface area contributed by atoms with Gasteiger partial charge in [-0.1, -0.05) is 90.1 Å². The van der Waals surface area contributed by atoms with Gasteiger partial charge in [0.25, 0.3) is 5.91 Å². The summed E-state index contributed by atoms with van der Waals surface area (Å²) >= 11 is 0. The van der Waals surface area contributed by atoms with Gasteiger partial charge in [-0.3, -0.25) is 4.79 Å². The second kappa shape index (κ2) is 9.40. The fourth-order valence-corrected chi connectivity index (χ4v) is 3.56. The molecule has 5 rings (SSSR count). The van der Waals surface area contributed by atoms with Crippen LogP contribution in [0, 0.1) is 0 Å². The maximum atomic E-state index is 13.1. The fraction of sp³-hybridized carbons (Fsp3) is 0.0400. The zero-order valence-corrected chi connectivity index (χ0v) is 18.7. The summed E-state index contributed by atoms with van der Waals surface area (Å²) in [5.74, 6) is -0.383. The Morgan fingerprint density at radius 2 is 1.51 bits per heavy atom. The summed E-state index contributed by atoms with van der Waals surface area (Å²) in [5.41, 5.74) is 13.2. The Kier molecular flexibility index (Phi) is 5.83. The van der Waals surface area contributed by atoms with Gasteiger partial charge in [0.15, 0.2) is 5.69 Å². The normalized spacial score (nSPS) is 11.4. The van der Waals surface area contributed by atoms with Gasteiger partial charge in [-0.05, 0) is 33.9 Å². The van der Waals surface area contributed by atoms with E-state index < -0.39 is 5.91 Å². The molecule has 10 nitrogen and oxygen atoms in total. The Morgan fingerprint density at radius 1 is 0.886 bits per heavy atom. The first-order chi connectivity index (χ1) is 17.1. The molecule has 2 heterocycles. The molecule has 0 fully saturated rings. The van der Waals surface area contributed by atoms with Crippen LogP contribution >= 0.6 is 0 Å². The van der Waals surface area contributed by atoms with E-state index in [0.29, 0.717) is 17.0 Å². The van der Waals surface area contributed by atoms with E-state index in [2.05, 4.69) is 47.9 Å². The molecule has 35 heavy (non-hydrogen) atoms. The van der Waals surface area contributed by atoms with Crippen LogP contribution in [0.2, 0.25) is 0 Å². The highest BCUT2D eigenvalue weighted by atomic mass is 16.6. The molecule has 10 heteroatoms. The van der Waals surface area contributed by atoms with E-state index in [1.54, 1.807) is 0 Å². The molecule has 0 spiro atoms. The number of carbonyl (C=O) groups is 1. The van der Waals surface area contributed by atoms with Crippen molar-refractivity contribution in [3.05, 3.63) is 96.2 Å². The molecule has 0 bridgehead atoms. The summed E-state index contributed by atoms with van der Waals surface area (Å²) in [6.07, 6.45) is 0. The number of nitrogens with two attached hydrogens (primary N) is 1. The number of carbonyl (C=O) groups excluding carboxylic acids is 1. The minimum absolute atomic E-state index is 0.0202. The number of aromatic nitrogens is 5. The number of nitrogens with zero attached hydrogens (tertiary/aromatic N) is 6. The van der Waals surface area contributed by atoms with Crippen LogP contribution < -0.4 is 11.2 Å². The Labute approximate surface area is 200 Å². The molecule has 1 amide bonds. The third kappa shape index (κ3) is 4.40. The summed E-state index contributed by atoms with van der Waals surface area (Å²) < 4.78 is 6.00. The average molecular weight is 464 g/mol. The monoisotopic (exact) mass is 464 g/mol. The lowest BCUT2D eigenvalue weighted by molar-refractivity contribution is 0.0950. The lowest BCUT2D eigenvalue weighted by Gasteiger charge is -2.07. The van der Waals surface area contributed by atoms with Gasteiger partial charge in [0.1, 0.15) is 5.69 Å². The van der Waals surface area contributed by atoms with Crippen LogP contribution in [0.4, 0.5) is 5.82 Å². The number of hydrazone groups is 1. The van der Waals surface area contributed by atoms with Crippen molar-refractivity contribution in [2.45, 2.75) is 6.92 Å². The first-order valence-electron chi connectivity index (χ1n) is 10.7. The summed E-state index contributed by atoms with van der Waals surface area (Å²) in [6.45, 7) is 1.81. The Balaban J connectivity index is 1.41. The summed E-state index contributed by atoms with van der Waals surface area (Å²) in [6, 6.07) is 27.2. The first-order valence-corrected chi connectivity index (χ1v) is 10.7. The van der Waals surface area contributed by atoms with Crippen LogP contribution in [0.3, 0.4) is 0 Å². The third-order valence-electron chi connectivity index (χ3n) is 5.36. The van der Waals surface area contributed by atoms with Crippen molar-refractivity contribution in [2.24, 2.45) is 5.10 Å². The van der Waals surface area contributed by atoms with Crippen LogP contribution in [-0.4, -0.2) is 36.9 Å². The van der Waals surface area contributed by atoms with E-state index in [4.69, 9.17) is 5.73 Å². The second-order valence-electron chi connectivity index (χ2n) is 7.62. The maximum Gasteiger partial charge on any atom is 0.294 e. The SMILES string of the molecule is CC(=NNC(=O)c1nnn(-c2nonc2N)c1-c1ccccc1)c1ccc(-c2ccccc2)cc1. The quantitative estimate of drug-likeness (QED) is 0.289. The molecule has 3 N–H and O–H groups in total. The summed E-state index contributed by atoms with van der Waals surface area (Å²) in [5, 5.41) is 19.7. The fourth-order valence-electron chi connectivity index (χ4n) is 3.56. The minimum Gasteiger partial charge on any atom is -0.378 e. The van der Waals surface area contributed by atoms with Crippen LogP contribution in [0.1, 0.15) is 23.0 Å². The Morgan fingerprint density at radius 3 is 2.14 bits per heavy atom. The molecule has 0 saturated heterocycles. The molecule has 5 aromatic rings. The zero-order valence-electron chi connectivity index (χ0n) is 18.7. The molecule has 0 saturated carbocycles. The van der Waals surface area contributed by atoms with Gasteiger partial charge in [0.05, 0.1) is 5.71 Å². The largest absolute Gasteiger partial charge is 0.378 e. The topological polar surface area (TPSA) is 137 Å². The van der Waals surface area contributed by atoms with Gasteiger partial charge < -0.3 is 5.73 Å². The van der Waals surface area contributed by atoms with E-state index in [1.165, 1.54) is 4.68 Å². The van der Waals surface area contributed by atoms with E-state index in [1.807, 2.05) is 79.7 Å². The molecule has 0 aliphatic heterocycles. The highest BCUT2D eigenvalue weighted by Crippen LogP contribution is 2.26. The van der Waals surface area contributed by atoms with Crippen LogP contribution in [0.15, 0.2) is 94.7 Å². The van der Waals surface area contributed by atoms with E-state index in [-0.39, 0.29) is 17.3 Å². The number of hydrogen-bond donors (Lipinski definition) is 2. The van der Waals surface area contributed by atoms with E-state index >= 15 is 0 Å². The van der Waals surface area contributed by atoms with Crippen molar-refractivity contribution in [1.82, 2.24) is 30.7 Å². The van der Waals surface area contributed by atoms with Crippen molar-refractivity contribution in [2.75, 3.05) is 5.73 Å².